The van der Waals surface area contributed by atoms with E-state index in [1.165, 1.54) is 11.3 Å². The van der Waals surface area contributed by atoms with Crippen molar-refractivity contribution in [3.63, 3.8) is 0 Å². The van der Waals surface area contributed by atoms with E-state index in [0.29, 0.717) is 44.6 Å². The fraction of sp³-hybridized carbons (Fsp3) is 0.417. The van der Waals surface area contributed by atoms with Crippen LogP contribution in [0.1, 0.15) is 47.6 Å². The number of rotatable bonds is 10. The molecular formula is C24H28N6O4S. The van der Waals surface area contributed by atoms with Crippen molar-refractivity contribution in [2.24, 2.45) is 5.16 Å². The molecule has 11 heteroatoms. The van der Waals surface area contributed by atoms with Crippen LogP contribution in [0.5, 0.6) is 11.5 Å². The lowest BCUT2D eigenvalue weighted by Crippen LogP contribution is -2.26. The number of thiophene rings is 1. The van der Waals surface area contributed by atoms with Crippen LogP contribution in [0.15, 0.2) is 29.4 Å². The van der Waals surface area contributed by atoms with Gasteiger partial charge in [0.15, 0.2) is 11.5 Å². The van der Waals surface area contributed by atoms with Gasteiger partial charge in [-0.3, -0.25) is 4.79 Å². The maximum absolute atomic E-state index is 12.7. The monoisotopic (exact) mass is 496 g/mol. The third-order valence-corrected chi connectivity index (χ3v) is 6.99. The first-order chi connectivity index (χ1) is 17.1. The summed E-state index contributed by atoms with van der Waals surface area (Å²) in [6.45, 7) is 7.41. The molecular weight excluding hydrogens is 468 g/mol. The topological polar surface area (TPSA) is 124 Å². The van der Waals surface area contributed by atoms with Gasteiger partial charge in [-0.05, 0) is 50.2 Å². The highest BCUT2D eigenvalue weighted by molar-refractivity contribution is 7.20. The number of nitrogens with two attached hydrogens (primary N) is 1. The number of carbonyl (C=O) groups is 1. The van der Waals surface area contributed by atoms with Gasteiger partial charge in [-0.2, -0.15) is 0 Å². The van der Waals surface area contributed by atoms with Crippen LogP contribution < -0.4 is 20.5 Å². The second-order valence-electron chi connectivity index (χ2n) is 8.38. The van der Waals surface area contributed by atoms with Crippen LogP contribution in [0.4, 0.5) is 5.95 Å². The van der Waals surface area contributed by atoms with Gasteiger partial charge in [0, 0.05) is 23.5 Å². The number of ether oxygens (including phenoxy) is 2. The maximum atomic E-state index is 12.7. The molecule has 0 unspecified atom stereocenters. The van der Waals surface area contributed by atoms with Crippen molar-refractivity contribution in [3.8, 4) is 11.5 Å². The molecule has 3 aromatic rings. The Morgan fingerprint density at radius 2 is 2.03 bits per heavy atom. The van der Waals surface area contributed by atoms with Crippen LogP contribution in [-0.2, 0) is 4.84 Å². The van der Waals surface area contributed by atoms with Crippen molar-refractivity contribution in [1.29, 1.82) is 0 Å². The molecule has 35 heavy (non-hydrogen) atoms. The van der Waals surface area contributed by atoms with Gasteiger partial charge < -0.3 is 30.3 Å². The van der Waals surface area contributed by atoms with Gasteiger partial charge in [-0.15, -0.1) is 11.3 Å². The highest BCUT2D eigenvalue weighted by atomic mass is 32.1. The van der Waals surface area contributed by atoms with Gasteiger partial charge >= 0.3 is 0 Å². The molecule has 10 nitrogen and oxygen atoms in total. The number of hydrogen-bond donors (Lipinski definition) is 2. The van der Waals surface area contributed by atoms with Crippen molar-refractivity contribution in [3.05, 3.63) is 40.4 Å². The normalized spacial score (nSPS) is 15.1. The van der Waals surface area contributed by atoms with E-state index in [-0.39, 0.29) is 24.7 Å². The number of nitrogen functional groups attached to an aromatic ring is 1. The Balaban J connectivity index is 1.53. The van der Waals surface area contributed by atoms with Gasteiger partial charge in [0.2, 0.25) is 12.7 Å². The van der Waals surface area contributed by atoms with E-state index in [1.54, 1.807) is 6.07 Å². The number of aromatic nitrogens is 2. The van der Waals surface area contributed by atoms with Crippen molar-refractivity contribution in [2.75, 3.05) is 38.8 Å². The summed E-state index contributed by atoms with van der Waals surface area (Å²) in [6.07, 6.45) is 2.03. The molecule has 1 saturated carbocycles. The van der Waals surface area contributed by atoms with Gasteiger partial charge in [-0.25, -0.2) is 9.97 Å². The molecule has 3 heterocycles. The van der Waals surface area contributed by atoms with Crippen LogP contribution in [0.3, 0.4) is 0 Å². The second-order valence-corrected chi connectivity index (χ2v) is 9.41. The standard InChI is InChI=1S/C24H28N6O4S/c1-3-30(4-2)9-10-34-29-20(14-5-8-17-18(11-14)33-13-32-17)21-16-12-19(22(31)26-15-6-7-15)35-23(16)28-24(25)27-21/h5,8,11-12,15H,3-4,6-7,9-10,13H2,1-2H3,(H,26,31)(H2,25,27,28)/b29-20-. The molecule has 1 amide bonds. The Labute approximate surface area is 207 Å². The Morgan fingerprint density at radius 3 is 2.80 bits per heavy atom. The fourth-order valence-electron chi connectivity index (χ4n) is 3.81. The molecule has 0 atom stereocenters. The van der Waals surface area contributed by atoms with E-state index in [4.69, 9.17) is 20.0 Å². The third-order valence-electron chi connectivity index (χ3n) is 5.97. The SMILES string of the molecule is CCN(CC)CCO/N=C(/c1ccc2c(c1)OCO2)c1nc(N)nc2sc(C(=O)NC3CC3)cc12. The van der Waals surface area contributed by atoms with E-state index in [2.05, 4.69) is 39.2 Å². The van der Waals surface area contributed by atoms with E-state index in [0.717, 1.165) is 38.0 Å². The molecule has 2 aliphatic rings. The molecule has 184 valence electrons. The minimum atomic E-state index is -0.114. The molecule has 0 radical (unpaired) electrons. The molecule has 2 aromatic heterocycles. The predicted octanol–water partition coefficient (Wildman–Crippen LogP) is 3.01. The minimum Gasteiger partial charge on any atom is -0.454 e. The molecule has 5 rings (SSSR count). The second kappa shape index (κ2) is 10.0. The van der Waals surface area contributed by atoms with E-state index in [9.17, 15) is 4.79 Å². The molecule has 1 aliphatic heterocycles. The molecule has 0 saturated heterocycles. The Hall–Kier alpha value is -3.44. The average molecular weight is 497 g/mol. The number of amides is 1. The summed E-state index contributed by atoms with van der Waals surface area (Å²) < 4.78 is 11.0. The number of fused-ring (bicyclic) bond motifs is 2. The van der Waals surface area contributed by atoms with Crippen molar-refractivity contribution in [1.82, 2.24) is 20.2 Å². The molecule has 0 spiro atoms. The lowest BCUT2D eigenvalue weighted by atomic mass is 10.0. The predicted molar refractivity (Wildman–Crippen MR) is 134 cm³/mol. The van der Waals surface area contributed by atoms with E-state index >= 15 is 0 Å². The van der Waals surface area contributed by atoms with Crippen LogP contribution >= 0.6 is 11.3 Å². The summed E-state index contributed by atoms with van der Waals surface area (Å²) in [5.74, 6) is 1.26. The summed E-state index contributed by atoms with van der Waals surface area (Å²) in [6, 6.07) is 7.59. The number of anilines is 1. The van der Waals surface area contributed by atoms with E-state index in [1.807, 2.05) is 18.2 Å². The number of likely N-dealkylation sites (N-methyl/N-ethyl adjacent to an activating group) is 1. The summed E-state index contributed by atoms with van der Waals surface area (Å²) >= 11 is 1.28. The first kappa shape index (κ1) is 23.3. The van der Waals surface area contributed by atoms with Gasteiger partial charge in [0.25, 0.3) is 5.91 Å². The van der Waals surface area contributed by atoms with Crippen molar-refractivity contribution < 1.29 is 19.1 Å². The number of hydrogen-bond acceptors (Lipinski definition) is 10. The molecule has 1 aromatic carbocycles. The molecule has 3 N–H and O–H groups in total. The summed E-state index contributed by atoms with van der Waals surface area (Å²) in [4.78, 5) is 30.8. The quantitative estimate of drug-likeness (QED) is 0.249. The number of benzene rings is 1. The fourth-order valence-corrected chi connectivity index (χ4v) is 4.75. The summed E-state index contributed by atoms with van der Waals surface area (Å²) in [5.41, 5.74) is 7.78. The molecule has 1 fully saturated rings. The van der Waals surface area contributed by atoms with Crippen LogP contribution in [0.2, 0.25) is 0 Å². The van der Waals surface area contributed by atoms with Crippen LogP contribution in [0, 0.1) is 0 Å². The zero-order chi connectivity index (χ0) is 24.4. The largest absolute Gasteiger partial charge is 0.454 e. The summed E-state index contributed by atoms with van der Waals surface area (Å²) in [5, 5.41) is 8.19. The minimum absolute atomic E-state index is 0.0973. The first-order valence-corrected chi connectivity index (χ1v) is 12.6. The first-order valence-electron chi connectivity index (χ1n) is 11.8. The smallest absolute Gasteiger partial charge is 0.261 e. The zero-order valence-electron chi connectivity index (χ0n) is 19.7. The Morgan fingerprint density at radius 1 is 1.23 bits per heavy atom. The highest BCUT2D eigenvalue weighted by Crippen LogP contribution is 2.35. The number of nitrogens with one attached hydrogen (secondary N) is 1. The van der Waals surface area contributed by atoms with Crippen LogP contribution in [-0.4, -0.2) is 65.6 Å². The Bertz CT molecular complexity index is 1270. The van der Waals surface area contributed by atoms with E-state index < -0.39 is 0 Å². The van der Waals surface area contributed by atoms with Crippen LogP contribution in [0.25, 0.3) is 10.2 Å². The molecule has 0 bridgehead atoms. The highest BCUT2D eigenvalue weighted by Gasteiger charge is 2.26. The van der Waals surface area contributed by atoms with Gasteiger partial charge in [0.1, 0.15) is 22.8 Å². The lowest BCUT2D eigenvalue weighted by molar-refractivity contribution is 0.0955. The summed E-state index contributed by atoms with van der Waals surface area (Å²) in [7, 11) is 0. The van der Waals surface area contributed by atoms with Gasteiger partial charge in [-0.1, -0.05) is 19.0 Å². The van der Waals surface area contributed by atoms with Gasteiger partial charge in [0.05, 0.1) is 4.88 Å². The number of oxime groups is 1. The lowest BCUT2D eigenvalue weighted by Gasteiger charge is -2.16. The average Bonchev–Trinajstić information content (AvgIpc) is 3.37. The maximum Gasteiger partial charge on any atom is 0.261 e. The number of nitrogens with zero attached hydrogens (tertiary/aromatic N) is 4. The Kier molecular flexibility index (Phi) is 6.69. The number of carbonyl (C=O) groups excluding carboxylic acids is 1. The van der Waals surface area contributed by atoms with Crippen molar-refractivity contribution in [2.45, 2.75) is 32.7 Å². The third kappa shape index (κ3) is 5.15. The molecule has 1 aliphatic carbocycles. The van der Waals surface area contributed by atoms with Crippen molar-refractivity contribution >= 4 is 39.1 Å². The zero-order valence-corrected chi connectivity index (χ0v) is 20.6.